The standard InChI is InChI=1S/C13H15F2N3O2/c1-13(2,3)20-12(19)18-8-9(14)7-17(18)11-10(15)5-4-6-16-11/h4-7H,8H2,1-3H3. The van der Waals surface area contributed by atoms with E-state index < -0.39 is 23.3 Å². The highest BCUT2D eigenvalue weighted by Gasteiger charge is 2.33. The molecule has 0 saturated heterocycles. The van der Waals surface area contributed by atoms with E-state index in [1.165, 1.54) is 18.3 Å². The molecule has 20 heavy (non-hydrogen) atoms. The molecule has 0 bridgehead atoms. The number of carbonyl (C=O) groups is 1. The number of hydrazine groups is 1. The van der Waals surface area contributed by atoms with Crippen LogP contribution in [0.3, 0.4) is 0 Å². The van der Waals surface area contributed by atoms with Gasteiger partial charge in [-0.2, -0.15) is 0 Å². The van der Waals surface area contributed by atoms with Crippen molar-refractivity contribution < 1.29 is 18.3 Å². The number of anilines is 1. The smallest absolute Gasteiger partial charge is 0.430 e. The summed E-state index contributed by atoms with van der Waals surface area (Å²) in [5.74, 6) is -1.40. The van der Waals surface area contributed by atoms with Gasteiger partial charge in [-0.1, -0.05) is 0 Å². The molecule has 2 heterocycles. The molecule has 1 amide bonds. The summed E-state index contributed by atoms with van der Waals surface area (Å²) in [5, 5.41) is 1.96. The Bertz CT molecular complexity index is 555. The molecular formula is C13H15F2N3O2. The Morgan fingerprint density at radius 3 is 2.70 bits per heavy atom. The quantitative estimate of drug-likeness (QED) is 0.795. The van der Waals surface area contributed by atoms with Crippen LogP contribution in [0.25, 0.3) is 0 Å². The average molecular weight is 283 g/mol. The molecule has 7 heteroatoms. The molecule has 0 fully saturated rings. The van der Waals surface area contributed by atoms with Crippen molar-refractivity contribution in [2.24, 2.45) is 0 Å². The summed E-state index contributed by atoms with van der Waals surface area (Å²) in [6, 6.07) is 2.59. The molecule has 1 aromatic heterocycles. The Morgan fingerprint density at radius 2 is 2.10 bits per heavy atom. The maximum Gasteiger partial charge on any atom is 0.430 e. The molecule has 0 radical (unpaired) electrons. The fraction of sp³-hybridized carbons (Fsp3) is 0.385. The van der Waals surface area contributed by atoms with Crippen LogP contribution in [0.5, 0.6) is 0 Å². The summed E-state index contributed by atoms with van der Waals surface area (Å²) in [6.45, 7) is 4.76. The third kappa shape index (κ3) is 3.04. The third-order valence-electron chi connectivity index (χ3n) is 2.38. The van der Waals surface area contributed by atoms with Gasteiger partial charge >= 0.3 is 6.09 Å². The molecule has 0 aromatic carbocycles. The summed E-state index contributed by atoms with van der Waals surface area (Å²) in [4.78, 5) is 15.8. The lowest BCUT2D eigenvalue weighted by molar-refractivity contribution is 0.0272. The highest BCUT2D eigenvalue weighted by molar-refractivity contribution is 5.72. The minimum Gasteiger partial charge on any atom is -0.442 e. The molecular weight excluding hydrogens is 268 g/mol. The molecule has 5 nitrogen and oxygen atoms in total. The van der Waals surface area contributed by atoms with Crippen molar-refractivity contribution >= 4 is 11.9 Å². The van der Waals surface area contributed by atoms with Crippen LogP contribution in [0.15, 0.2) is 30.4 Å². The van der Waals surface area contributed by atoms with E-state index in [1.54, 1.807) is 20.8 Å². The lowest BCUT2D eigenvalue weighted by Crippen LogP contribution is -2.44. The normalized spacial score (nSPS) is 15.3. The minimum absolute atomic E-state index is 0.161. The molecule has 1 aliphatic heterocycles. The fourth-order valence-electron chi connectivity index (χ4n) is 1.65. The number of rotatable bonds is 1. The Labute approximate surface area is 115 Å². The highest BCUT2D eigenvalue weighted by Crippen LogP contribution is 2.26. The first-order valence-electron chi connectivity index (χ1n) is 6.04. The molecule has 0 unspecified atom stereocenters. The van der Waals surface area contributed by atoms with Gasteiger partial charge in [0.1, 0.15) is 11.4 Å². The van der Waals surface area contributed by atoms with Crippen LogP contribution in [0.2, 0.25) is 0 Å². The third-order valence-corrected chi connectivity index (χ3v) is 2.38. The zero-order valence-corrected chi connectivity index (χ0v) is 11.4. The summed E-state index contributed by atoms with van der Waals surface area (Å²) in [5.41, 5.74) is -0.732. The van der Waals surface area contributed by atoms with E-state index in [2.05, 4.69) is 4.98 Å². The number of amides is 1. The van der Waals surface area contributed by atoms with Crippen molar-refractivity contribution in [3.8, 4) is 0 Å². The summed E-state index contributed by atoms with van der Waals surface area (Å²) < 4.78 is 32.3. The van der Waals surface area contributed by atoms with E-state index in [0.29, 0.717) is 0 Å². The van der Waals surface area contributed by atoms with E-state index in [0.717, 1.165) is 16.2 Å². The Hall–Kier alpha value is -2.18. The molecule has 0 aliphatic carbocycles. The Balaban J connectivity index is 2.27. The van der Waals surface area contributed by atoms with Crippen LogP contribution in [-0.2, 0) is 4.74 Å². The van der Waals surface area contributed by atoms with Crippen molar-refractivity contribution in [1.29, 1.82) is 0 Å². The summed E-state index contributed by atoms with van der Waals surface area (Å²) in [7, 11) is 0. The van der Waals surface area contributed by atoms with Gasteiger partial charge in [0.05, 0.1) is 12.7 Å². The second kappa shape index (κ2) is 5.07. The summed E-state index contributed by atoms with van der Waals surface area (Å²) in [6.07, 6.45) is 1.59. The molecule has 0 atom stereocenters. The monoisotopic (exact) mass is 283 g/mol. The second-order valence-corrected chi connectivity index (χ2v) is 5.27. The van der Waals surface area contributed by atoms with Crippen molar-refractivity contribution in [2.75, 3.05) is 11.6 Å². The first-order valence-corrected chi connectivity index (χ1v) is 6.04. The van der Waals surface area contributed by atoms with E-state index in [1.807, 2.05) is 0 Å². The largest absolute Gasteiger partial charge is 0.442 e. The fourth-order valence-corrected chi connectivity index (χ4v) is 1.65. The minimum atomic E-state index is -0.772. The predicted octanol–water partition coefficient (Wildman–Crippen LogP) is 3.00. The Morgan fingerprint density at radius 1 is 1.40 bits per heavy atom. The van der Waals surface area contributed by atoms with E-state index in [4.69, 9.17) is 4.74 Å². The van der Waals surface area contributed by atoms with Crippen LogP contribution < -0.4 is 5.01 Å². The molecule has 1 aromatic rings. The maximum absolute atomic E-state index is 13.7. The highest BCUT2D eigenvalue weighted by atomic mass is 19.1. The van der Waals surface area contributed by atoms with E-state index in [-0.39, 0.29) is 12.4 Å². The van der Waals surface area contributed by atoms with Gasteiger partial charge in [0.15, 0.2) is 11.6 Å². The molecule has 1 aliphatic rings. The number of nitrogens with zero attached hydrogens (tertiary/aromatic N) is 3. The molecule has 2 rings (SSSR count). The van der Waals surface area contributed by atoms with Gasteiger partial charge in [-0.15, -0.1) is 0 Å². The molecule has 0 spiro atoms. The number of aromatic nitrogens is 1. The van der Waals surface area contributed by atoms with Crippen molar-refractivity contribution in [3.63, 3.8) is 0 Å². The maximum atomic E-state index is 13.7. The van der Waals surface area contributed by atoms with Crippen LogP contribution in [0, 0.1) is 5.82 Å². The van der Waals surface area contributed by atoms with Gasteiger partial charge in [-0.25, -0.2) is 28.6 Å². The molecule has 0 N–H and O–H groups in total. The van der Waals surface area contributed by atoms with Crippen molar-refractivity contribution in [2.45, 2.75) is 26.4 Å². The van der Waals surface area contributed by atoms with E-state index >= 15 is 0 Å². The number of hydrogen-bond acceptors (Lipinski definition) is 4. The van der Waals surface area contributed by atoms with Gasteiger partial charge in [0.25, 0.3) is 0 Å². The first kappa shape index (κ1) is 14.2. The molecule has 108 valence electrons. The van der Waals surface area contributed by atoms with E-state index in [9.17, 15) is 13.6 Å². The number of carbonyl (C=O) groups excluding carboxylic acids is 1. The van der Waals surface area contributed by atoms with Crippen LogP contribution in [-0.4, -0.2) is 28.2 Å². The van der Waals surface area contributed by atoms with Gasteiger partial charge in [-0.3, -0.25) is 0 Å². The van der Waals surface area contributed by atoms with Crippen LogP contribution in [0.1, 0.15) is 20.8 Å². The zero-order chi connectivity index (χ0) is 14.9. The van der Waals surface area contributed by atoms with Gasteiger partial charge in [-0.05, 0) is 32.9 Å². The lowest BCUT2D eigenvalue weighted by Gasteiger charge is -2.30. The number of ether oxygens (including phenoxy) is 1. The van der Waals surface area contributed by atoms with Gasteiger partial charge in [0, 0.05) is 6.20 Å². The average Bonchev–Trinajstić information content (AvgIpc) is 2.69. The molecule has 0 saturated carbocycles. The van der Waals surface area contributed by atoms with Crippen LogP contribution in [0.4, 0.5) is 19.4 Å². The second-order valence-electron chi connectivity index (χ2n) is 5.27. The van der Waals surface area contributed by atoms with Crippen LogP contribution >= 0.6 is 0 Å². The van der Waals surface area contributed by atoms with Gasteiger partial charge in [0.2, 0.25) is 0 Å². The number of pyridine rings is 1. The lowest BCUT2D eigenvalue weighted by atomic mass is 10.2. The zero-order valence-electron chi connectivity index (χ0n) is 11.4. The predicted molar refractivity (Wildman–Crippen MR) is 68.8 cm³/mol. The van der Waals surface area contributed by atoms with Crippen molar-refractivity contribution in [1.82, 2.24) is 9.99 Å². The van der Waals surface area contributed by atoms with Gasteiger partial charge < -0.3 is 4.74 Å². The number of halogens is 2. The SMILES string of the molecule is CC(C)(C)OC(=O)N1CC(F)=CN1c1ncccc1F. The summed E-state index contributed by atoms with van der Waals surface area (Å²) >= 11 is 0. The van der Waals surface area contributed by atoms with Crippen molar-refractivity contribution in [3.05, 3.63) is 36.2 Å². The number of hydrogen-bond donors (Lipinski definition) is 0. The first-order chi connectivity index (χ1) is 9.28. The topological polar surface area (TPSA) is 45.7 Å². The Kier molecular flexibility index (Phi) is 3.61.